The number of nitrogens with one attached hydrogen (secondary N) is 1. The molecule has 0 bridgehead atoms. The van der Waals surface area contributed by atoms with Gasteiger partial charge in [-0.25, -0.2) is 9.37 Å². The molecule has 1 saturated heterocycles. The van der Waals surface area contributed by atoms with Crippen LogP contribution in [0.5, 0.6) is 0 Å². The van der Waals surface area contributed by atoms with Crippen molar-refractivity contribution in [1.82, 2.24) is 10.4 Å². The number of likely N-dealkylation sites (N-methyl/N-ethyl adjacent to an activating group) is 1. The van der Waals surface area contributed by atoms with Crippen LogP contribution >= 0.6 is 0 Å². The number of carbonyl (C=O) groups is 2. The predicted octanol–water partition coefficient (Wildman–Crippen LogP) is 2.96. The molecule has 3 rings (SSSR count). The Kier molecular flexibility index (Phi) is 5.16. The smallest absolute Gasteiger partial charge is 0.314 e. The Bertz CT molecular complexity index is 979. The maximum Gasteiger partial charge on any atom is 0.416 e. The number of rotatable bonds is 3. The van der Waals surface area contributed by atoms with Crippen molar-refractivity contribution in [2.45, 2.75) is 25.6 Å². The number of aryl methyl sites for hydroxylation is 1. The van der Waals surface area contributed by atoms with E-state index >= 15 is 0 Å². The van der Waals surface area contributed by atoms with Crippen molar-refractivity contribution in [3.8, 4) is 0 Å². The van der Waals surface area contributed by atoms with Crippen LogP contribution in [0.3, 0.4) is 0 Å². The molecule has 1 aliphatic rings. The molecule has 0 spiro atoms. The zero-order valence-corrected chi connectivity index (χ0v) is 15.2. The van der Waals surface area contributed by atoms with E-state index in [1.165, 1.54) is 26.1 Å². The summed E-state index contributed by atoms with van der Waals surface area (Å²) in [5.41, 5.74) is 1.51. The standard InChI is InChI=1S/C18H15F5N4O2/c1-9-5-11(3-4-12(9)19)26(2)17(29)13-8-16(28)25-27(13)15-7-10(18(21,22)23)6-14(20)24-15/h3-7,13H,8H2,1-2H3,(H,25,28). The maximum absolute atomic E-state index is 13.7. The number of benzene rings is 1. The minimum atomic E-state index is -4.84. The lowest BCUT2D eigenvalue weighted by Crippen LogP contribution is -2.48. The van der Waals surface area contributed by atoms with Gasteiger partial charge < -0.3 is 4.90 Å². The highest BCUT2D eigenvalue weighted by Gasteiger charge is 2.40. The first-order chi connectivity index (χ1) is 13.5. The van der Waals surface area contributed by atoms with Gasteiger partial charge in [-0.1, -0.05) is 0 Å². The number of alkyl halides is 3. The van der Waals surface area contributed by atoms with Gasteiger partial charge in [-0.2, -0.15) is 17.6 Å². The van der Waals surface area contributed by atoms with Gasteiger partial charge in [-0.15, -0.1) is 0 Å². The third-order valence-corrected chi connectivity index (χ3v) is 4.43. The van der Waals surface area contributed by atoms with Gasteiger partial charge in [-0.3, -0.25) is 20.0 Å². The number of pyridine rings is 1. The predicted molar refractivity (Wildman–Crippen MR) is 92.8 cm³/mol. The summed E-state index contributed by atoms with van der Waals surface area (Å²) >= 11 is 0. The molecule has 1 atom stereocenters. The summed E-state index contributed by atoms with van der Waals surface area (Å²) in [7, 11) is 1.37. The van der Waals surface area contributed by atoms with Crippen molar-refractivity contribution >= 4 is 23.3 Å². The van der Waals surface area contributed by atoms with Gasteiger partial charge in [0, 0.05) is 18.8 Å². The van der Waals surface area contributed by atoms with E-state index in [4.69, 9.17) is 0 Å². The molecule has 11 heteroatoms. The highest BCUT2D eigenvalue weighted by molar-refractivity contribution is 6.03. The molecule has 0 saturated carbocycles. The summed E-state index contributed by atoms with van der Waals surface area (Å²) in [5, 5.41) is 0.801. The molecule has 29 heavy (non-hydrogen) atoms. The molecule has 0 radical (unpaired) electrons. The molecule has 6 nitrogen and oxygen atoms in total. The Labute approximate surface area is 161 Å². The zero-order chi connectivity index (χ0) is 21.5. The summed E-state index contributed by atoms with van der Waals surface area (Å²) in [6.07, 6.45) is -5.22. The van der Waals surface area contributed by atoms with Crippen LogP contribution in [-0.4, -0.2) is 29.9 Å². The van der Waals surface area contributed by atoms with E-state index in [0.717, 1.165) is 16.0 Å². The first kappa shape index (κ1) is 20.5. The van der Waals surface area contributed by atoms with Crippen LogP contribution in [0.15, 0.2) is 30.3 Å². The van der Waals surface area contributed by atoms with E-state index < -0.39 is 47.2 Å². The molecule has 0 aliphatic carbocycles. The summed E-state index contributed by atoms with van der Waals surface area (Å²) in [5.74, 6) is -3.77. The maximum atomic E-state index is 13.7. The molecule has 1 unspecified atom stereocenters. The largest absolute Gasteiger partial charge is 0.416 e. The molecule has 1 aromatic carbocycles. The molecule has 1 aromatic heterocycles. The lowest BCUT2D eigenvalue weighted by atomic mass is 10.1. The van der Waals surface area contributed by atoms with E-state index in [1.807, 2.05) is 0 Å². The van der Waals surface area contributed by atoms with Crippen molar-refractivity contribution in [3.63, 3.8) is 0 Å². The first-order valence-corrected chi connectivity index (χ1v) is 8.34. The number of aromatic nitrogens is 1. The highest BCUT2D eigenvalue weighted by atomic mass is 19.4. The van der Waals surface area contributed by atoms with Crippen molar-refractivity contribution in [3.05, 3.63) is 53.2 Å². The number of amides is 2. The number of hydrogen-bond donors (Lipinski definition) is 1. The van der Waals surface area contributed by atoms with Crippen LogP contribution in [0.1, 0.15) is 17.5 Å². The van der Waals surface area contributed by atoms with Crippen LogP contribution in [0.4, 0.5) is 33.5 Å². The normalized spacial score (nSPS) is 16.7. The lowest BCUT2D eigenvalue weighted by molar-refractivity contribution is -0.137. The van der Waals surface area contributed by atoms with Crippen molar-refractivity contribution in [2.75, 3.05) is 17.0 Å². The average molecular weight is 414 g/mol. The second-order valence-corrected chi connectivity index (χ2v) is 6.49. The van der Waals surface area contributed by atoms with Crippen molar-refractivity contribution in [2.24, 2.45) is 0 Å². The van der Waals surface area contributed by atoms with Gasteiger partial charge in [0.1, 0.15) is 11.9 Å². The molecule has 1 aliphatic heterocycles. The molecule has 2 aromatic rings. The fourth-order valence-electron chi connectivity index (χ4n) is 2.90. The Balaban J connectivity index is 1.94. The Morgan fingerprint density at radius 3 is 2.55 bits per heavy atom. The number of carbonyl (C=O) groups excluding carboxylic acids is 2. The minimum absolute atomic E-state index is 0.214. The molecule has 2 heterocycles. The summed E-state index contributed by atoms with van der Waals surface area (Å²) < 4.78 is 66.1. The van der Waals surface area contributed by atoms with E-state index in [0.29, 0.717) is 11.8 Å². The van der Waals surface area contributed by atoms with E-state index in [-0.39, 0.29) is 18.1 Å². The number of hydrogen-bond acceptors (Lipinski definition) is 4. The zero-order valence-electron chi connectivity index (χ0n) is 15.2. The topological polar surface area (TPSA) is 65.5 Å². The van der Waals surface area contributed by atoms with Gasteiger partial charge in [0.15, 0.2) is 5.82 Å². The second kappa shape index (κ2) is 7.30. The number of anilines is 2. The summed E-state index contributed by atoms with van der Waals surface area (Å²) in [6, 6.07) is 3.39. The summed E-state index contributed by atoms with van der Waals surface area (Å²) in [4.78, 5) is 29.3. The molecule has 2 amide bonds. The van der Waals surface area contributed by atoms with E-state index in [9.17, 15) is 31.5 Å². The van der Waals surface area contributed by atoms with Crippen LogP contribution < -0.4 is 15.3 Å². The molecular weight excluding hydrogens is 399 g/mol. The molecule has 1 fully saturated rings. The van der Waals surface area contributed by atoms with Gasteiger partial charge in [-0.05, 0) is 36.8 Å². The van der Waals surface area contributed by atoms with Crippen LogP contribution in [0, 0.1) is 18.7 Å². The van der Waals surface area contributed by atoms with Crippen LogP contribution in [0.2, 0.25) is 0 Å². The first-order valence-electron chi connectivity index (χ1n) is 8.34. The quantitative estimate of drug-likeness (QED) is 0.620. The monoisotopic (exact) mass is 414 g/mol. The lowest BCUT2D eigenvalue weighted by Gasteiger charge is -2.28. The molecular formula is C18H15F5N4O2. The molecule has 1 N–H and O–H groups in total. The number of halogens is 5. The Hall–Kier alpha value is -3.24. The van der Waals surface area contributed by atoms with Gasteiger partial charge in [0.05, 0.1) is 12.0 Å². The van der Waals surface area contributed by atoms with Crippen LogP contribution in [-0.2, 0) is 15.8 Å². The molecule has 154 valence electrons. The van der Waals surface area contributed by atoms with E-state index in [2.05, 4.69) is 10.4 Å². The van der Waals surface area contributed by atoms with Gasteiger partial charge >= 0.3 is 6.18 Å². The minimum Gasteiger partial charge on any atom is -0.314 e. The average Bonchev–Trinajstić information content (AvgIpc) is 3.03. The highest BCUT2D eigenvalue weighted by Crippen LogP contribution is 2.32. The van der Waals surface area contributed by atoms with Gasteiger partial charge in [0.25, 0.3) is 5.91 Å². The Morgan fingerprint density at radius 2 is 1.93 bits per heavy atom. The summed E-state index contributed by atoms with van der Waals surface area (Å²) in [6.45, 7) is 1.50. The van der Waals surface area contributed by atoms with Crippen molar-refractivity contribution < 1.29 is 31.5 Å². The number of hydrazine groups is 1. The third kappa shape index (κ3) is 4.13. The SMILES string of the molecule is Cc1cc(N(C)C(=O)C2CC(=O)NN2c2cc(C(F)(F)F)cc(F)n2)ccc1F. The fourth-order valence-corrected chi connectivity index (χ4v) is 2.90. The third-order valence-electron chi connectivity index (χ3n) is 4.43. The van der Waals surface area contributed by atoms with Crippen LogP contribution in [0.25, 0.3) is 0 Å². The Morgan fingerprint density at radius 1 is 1.24 bits per heavy atom. The van der Waals surface area contributed by atoms with E-state index in [1.54, 1.807) is 0 Å². The van der Waals surface area contributed by atoms with Crippen molar-refractivity contribution in [1.29, 1.82) is 0 Å². The second-order valence-electron chi connectivity index (χ2n) is 6.49. The number of nitrogens with zero attached hydrogens (tertiary/aromatic N) is 3. The van der Waals surface area contributed by atoms with Gasteiger partial charge in [0.2, 0.25) is 11.9 Å². The fraction of sp³-hybridized carbons (Fsp3) is 0.278.